The fourth-order valence-corrected chi connectivity index (χ4v) is 6.15. The summed E-state index contributed by atoms with van der Waals surface area (Å²) in [6.45, 7) is 7.28. The molecule has 0 saturated carbocycles. The summed E-state index contributed by atoms with van der Waals surface area (Å²) in [4.78, 5) is 30.8. The second kappa shape index (κ2) is 16.9. The van der Waals surface area contributed by atoms with Crippen LogP contribution < -0.4 is 5.43 Å². The maximum atomic E-state index is 13.9. The van der Waals surface area contributed by atoms with Gasteiger partial charge in [0, 0.05) is 24.1 Å². The molecule has 1 heterocycles. The fraction of sp³-hybridized carbons (Fsp3) is 0.462. The molecule has 234 valence electrons. The molecule has 0 saturated heterocycles. The maximum Gasteiger partial charge on any atom is 0.336 e. The van der Waals surface area contributed by atoms with Gasteiger partial charge in [-0.3, -0.25) is 4.79 Å². The van der Waals surface area contributed by atoms with E-state index in [1.165, 1.54) is 38.5 Å². The molecule has 5 nitrogen and oxygen atoms in total. The van der Waals surface area contributed by atoms with Crippen LogP contribution in [0.1, 0.15) is 124 Å². The Balaban J connectivity index is 1.71. The number of benzene rings is 2. The van der Waals surface area contributed by atoms with E-state index in [4.69, 9.17) is 4.98 Å². The molecule has 4 aromatic rings. The average Bonchev–Trinajstić information content (AvgIpc) is 3.27. The smallest absolute Gasteiger partial charge is 0.336 e. The van der Waals surface area contributed by atoms with Gasteiger partial charge in [-0.1, -0.05) is 115 Å². The summed E-state index contributed by atoms with van der Waals surface area (Å²) in [5.41, 5.74) is 7.00. The quantitative estimate of drug-likeness (QED) is 0.116. The molecule has 0 unspecified atom stereocenters. The van der Waals surface area contributed by atoms with Crippen LogP contribution >= 0.6 is 0 Å². The molecular formula is C39H50N2O3. The molecule has 3 aromatic carbocycles. The molecule has 0 amide bonds. The first-order chi connectivity index (χ1) is 21.5. The Kier molecular flexibility index (Phi) is 12.8. The molecule has 0 spiro atoms. The number of aryl methyl sites for hydroxylation is 3. The number of nitrogens with zero attached hydrogens (tertiary/aromatic N) is 2. The van der Waals surface area contributed by atoms with Crippen LogP contribution in [0.4, 0.5) is 0 Å². The Hall–Kier alpha value is -3.73. The lowest BCUT2D eigenvalue weighted by Gasteiger charge is -2.11. The van der Waals surface area contributed by atoms with Gasteiger partial charge in [0.1, 0.15) is 5.82 Å². The van der Waals surface area contributed by atoms with Gasteiger partial charge in [0.25, 0.3) is 0 Å². The lowest BCUT2D eigenvalue weighted by atomic mass is 9.99. The zero-order valence-corrected chi connectivity index (χ0v) is 27.0. The summed E-state index contributed by atoms with van der Waals surface area (Å²) in [5.74, 6) is 0.120. The Morgan fingerprint density at radius 2 is 1.34 bits per heavy atom. The summed E-state index contributed by atoms with van der Waals surface area (Å²) in [6.07, 6.45) is 15.2. The van der Waals surface area contributed by atoms with Crippen molar-refractivity contribution in [3.8, 4) is 11.1 Å². The molecule has 1 N–H and O–H groups in total. The number of aromatic nitrogens is 2. The van der Waals surface area contributed by atoms with Gasteiger partial charge in [0.2, 0.25) is 0 Å². The second-order valence-electron chi connectivity index (χ2n) is 12.2. The fourth-order valence-electron chi connectivity index (χ4n) is 6.15. The number of hydrogen-bond acceptors (Lipinski definition) is 3. The number of hydrogen-bond donors (Lipinski definition) is 1. The highest BCUT2D eigenvalue weighted by Gasteiger charge is 2.16. The average molecular weight is 595 g/mol. The van der Waals surface area contributed by atoms with Crippen LogP contribution in [-0.4, -0.2) is 20.6 Å². The van der Waals surface area contributed by atoms with E-state index in [1.54, 1.807) is 12.1 Å². The van der Waals surface area contributed by atoms with Gasteiger partial charge in [-0.15, -0.1) is 0 Å². The highest BCUT2D eigenvalue weighted by molar-refractivity contribution is 5.96. The van der Waals surface area contributed by atoms with Crippen molar-refractivity contribution in [2.75, 3.05) is 0 Å². The Bertz CT molecular complexity index is 1570. The van der Waals surface area contributed by atoms with E-state index < -0.39 is 5.97 Å². The minimum Gasteiger partial charge on any atom is -0.478 e. The van der Waals surface area contributed by atoms with E-state index in [1.807, 2.05) is 24.3 Å². The standard InChI is InChI=1S/C39H50N2O3/c1-4-7-9-11-13-18-31-26-35-36(27-32(38(31)42)19-14-12-10-8-5-2)41(37(40-35)17-6-3)28-29-22-24-30(25-23-29)33-20-15-16-21-34(33)39(43)44/h15-16,20-27H,4-14,17-19,28H2,1-3H3,(H,43,44). The minimum absolute atomic E-state index is 0.207. The topological polar surface area (TPSA) is 72.2 Å². The summed E-state index contributed by atoms with van der Waals surface area (Å²) in [5, 5.41) is 9.66. The summed E-state index contributed by atoms with van der Waals surface area (Å²) >= 11 is 0. The molecule has 4 rings (SSSR count). The summed E-state index contributed by atoms with van der Waals surface area (Å²) in [7, 11) is 0. The van der Waals surface area contributed by atoms with Crippen molar-refractivity contribution in [3.63, 3.8) is 0 Å². The first-order valence-electron chi connectivity index (χ1n) is 16.9. The maximum absolute atomic E-state index is 13.9. The SMILES string of the molecule is CCCCCCCc1cc2nc(CCC)n(Cc3ccc(-c4ccccc4C(=O)O)cc3)c2cc(CCCCCCC)c1=O. The van der Waals surface area contributed by atoms with E-state index in [0.717, 1.165) is 90.5 Å². The number of carboxylic acids is 1. The molecular weight excluding hydrogens is 544 g/mol. The minimum atomic E-state index is -0.925. The van der Waals surface area contributed by atoms with Crippen molar-refractivity contribution in [2.24, 2.45) is 0 Å². The monoisotopic (exact) mass is 594 g/mol. The van der Waals surface area contributed by atoms with E-state index in [-0.39, 0.29) is 5.43 Å². The first-order valence-corrected chi connectivity index (χ1v) is 16.9. The molecule has 44 heavy (non-hydrogen) atoms. The van der Waals surface area contributed by atoms with Crippen LogP contribution in [0.5, 0.6) is 0 Å². The number of fused-ring (bicyclic) bond motifs is 1. The largest absolute Gasteiger partial charge is 0.478 e. The van der Waals surface area contributed by atoms with Crippen LogP contribution in [0.2, 0.25) is 0 Å². The van der Waals surface area contributed by atoms with E-state index in [9.17, 15) is 14.7 Å². The molecule has 0 fully saturated rings. The molecule has 0 aliphatic heterocycles. The van der Waals surface area contributed by atoms with Crippen molar-refractivity contribution in [2.45, 2.75) is 117 Å². The Morgan fingerprint density at radius 3 is 1.95 bits per heavy atom. The van der Waals surface area contributed by atoms with Crippen molar-refractivity contribution in [1.82, 2.24) is 9.55 Å². The number of unbranched alkanes of at least 4 members (excludes halogenated alkanes) is 8. The van der Waals surface area contributed by atoms with Gasteiger partial charge in [0.05, 0.1) is 16.6 Å². The van der Waals surface area contributed by atoms with Gasteiger partial charge in [0.15, 0.2) is 5.43 Å². The molecule has 5 heteroatoms. The predicted molar refractivity (Wildman–Crippen MR) is 183 cm³/mol. The van der Waals surface area contributed by atoms with Gasteiger partial charge in [-0.25, -0.2) is 9.78 Å². The third-order valence-electron chi connectivity index (χ3n) is 8.66. The summed E-state index contributed by atoms with van der Waals surface area (Å²) in [6, 6.07) is 19.5. The molecule has 0 radical (unpaired) electrons. The van der Waals surface area contributed by atoms with Crippen molar-refractivity contribution < 1.29 is 9.90 Å². The van der Waals surface area contributed by atoms with Crippen LogP contribution in [-0.2, 0) is 25.8 Å². The van der Waals surface area contributed by atoms with Crippen LogP contribution in [0, 0.1) is 0 Å². The van der Waals surface area contributed by atoms with E-state index in [2.05, 4.69) is 49.6 Å². The lowest BCUT2D eigenvalue weighted by molar-refractivity contribution is 0.0697. The zero-order valence-electron chi connectivity index (χ0n) is 27.0. The van der Waals surface area contributed by atoms with Crippen LogP contribution in [0.3, 0.4) is 0 Å². The highest BCUT2D eigenvalue weighted by atomic mass is 16.4. The van der Waals surface area contributed by atoms with Crippen molar-refractivity contribution in [3.05, 3.63) is 99.0 Å². The van der Waals surface area contributed by atoms with E-state index >= 15 is 0 Å². The number of carbonyl (C=O) groups is 1. The number of rotatable bonds is 18. The predicted octanol–water partition coefficient (Wildman–Crippen LogP) is 9.79. The normalized spacial score (nSPS) is 11.3. The van der Waals surface area contributed by atoms with Gasteiger partial charge >= 0.3 is 5.97 Å². The van der Waals surface area contributed by atoms with E-state index in [0.29, 0.717) is 17.7 Å². The third-order valence-corrected chi connectivity index (χ3v) is 8.66. The first kappa shape index (κ1) is 33.2. The summed E-state index contributed by atoms with van der Waals surface area (Å²) < 4.78 is 2.30. The molecule has 0 atom stereocenters. The van der Waals surface area contributed by atoms with Crippen LogP contribution in [0.15, 0.2) is 65.5 Å². The molecule has 1 aromatic heterocycles. The Labute approximate surface area is 263 Å². The molecule has 0 aliphatic carbocycles. The zero-order chi connectivity index (χ0) is 31.3. The van der Waals surface area contributed by atoms with Gasteiger partial charge < -0.3 is 9.67 Å². The van der Waals surface area contributed by atoms with Crippen LogP contribution in [0.25, 0.3) is 22.2 Å². The number of carboxylic acid groups (broad SMARTS) is 1. The number of imidazole rings is 1. The van der Waals surface area contributed by atoms with Crippen molar-refractivity contribution in [1.29, 1.82) is 0 Å². The second-order valence-corrected chi connectivity index (χ2v) is 12.2. The third kappa shape index (κ3) is 8.68. The van der Waals surface area contributed by atoms with Gasteiger partial charge in [-0.2, -0.15) is 0 Å². The number of aromatic carboxylic acids is 1. The highest BCUT2D eigenvalue weighted by Crippen LogP contribution is 2.26. The van der Waals surface area contributed by atoms with Crippen molar-refractivity contribution >= 4 is 17.0 Å². The van der Waals surface area contributed by atoms with Gasteiger partial charge in [-0.05, 0) is 67.0 Å². The Morgan fingerprint density at radius 1 is 0.727 bits per heavy atom. The molecule has 0 bridgehead atoms. The lowest BCUT2D eigenvalue weighted by Crippen LogP contribution is -2.12. The molecule has 0 aliphatic rings.